The quantitative estimate of drug-likeness (QED) is 0.672. The summed E-state index contributed by atoms with van der Waals surface area (Å²) < 4.78 is 14.1. The highest BCUT2D eigenvalue weighted by Gasteiger charge is 2.14. The van der Waals surface area contributed by atoms with Gasteiger partial charge in [-0.05, 0) is 49.4 Å². The molecule has 0 aliphatic rings. The fourth-order valence-electron chi connectivity index (χ4n) is 2.66. The highest BCUT2D eigenvalue weighted by Crippen LogP contribution is 2.10. The van der Waals surface area contributed by atoms with E-state index in [-0.39, 0.29) is 18.2 Å². The molecule has 0 saturated carbocycles. The molecule has 0 spiro atoms. The second-order valence-corrected chi connectivity index (χ2v) is 6.39. The van der Waals surface area contributed by atoms with E-state index in [0.717, 1.165) is 4.57 Å². The van der Waals surface area contributed by atoms with Gasteiger partial charge in [-0.1, -0.05) is 6.07 Å². The Hall–Kier alpha value is -3.81. The maximum Gasteiger partial charge on any atom is 0.253 e. The number of hydrogen-bond donors (Lipinski definition) is 2. The van der Waals surface area contributed by atoms with Crippen LogP contribution in [0.3, 0.4) is 0 Å². The average molecular weight is 394 g/mol. The van der Waals surface area contributed by atoms with Crippen LogP contribution in [0.2, 0.25) is 0 Å². The maximum atomic E-state index is 12.9. The summed E-state index contributed by atoms with van der Waals surface area (Å²) in [5.74, 6) is -1.29. The summed E-state index contributed by atoms with van der Waals surface area (Å²) in [5.41, 5.74) is 0.922. The van der Waals surface area contributed by atoms with E-state index in [1.54, 1.807) is 25.3 Å². The van der Waals surface area contributed by atoms with Crippen molar-refractivity contribution in [3.05, 3.63) is 94.4 Å². The predicted molar refractivity (Wildman–Crippen MR) is 106 cm³/mol. The van der Waals surface area contributed by atoms with Crippen LogP contribution in [0.4, 0.5) is 10.1 Å². The first-order chi connectivity index (χ1) is 13.9. The molecule has 0 saturated heterocycles. The van der Waals surface area contributed by atoms with Gasteiger partial charge in [-0.25, -0.2) is 4.39 Å². The van der Waals surface area contributed by atoms with Gasteiger partial charge in [-0.2, -0.15) is 0 Å². The number of carbonyl (C=O) groups is 2. The number of amides is 2. The molecule has 8 heteroatoms. The van der Waals surface area contributed by atoms with Crippen LogP contribution < -0.4 is 16.2 Å². The van der Waals surface area contributed by atoms with E-state index in [2.05, 4.69) is 15.6 Å². The van der Waals surface area contributed by atoms with Crippen LogP contribution in [-0.4, -0.2) is 21.4 Å². The standard InChI is InChI=1S/C21H19FN4O3/c1-14(18-4-2-3-11-23-18)24-21(29)15-5-10-20(28)26(12-15)13-19(27)25-17-8-6-16(22)7-9-17/h2-12,14H,13H2,1H3,(H,24,29)(H,25,27). The molecule has 3 aromatic rings. The summed E-state index contributed by atoms with van der Waals surface area (Å²) >= 11 is 0. The van der Waals surface area contributed by atoms with Crippen molar-refractivity contribution in [1.29, 1.82) is 0 Å². The van der Waals surface area contributed by atoms with Crippen LogP contribution in [0.1, 0.15) is 29.0 Å². The molecule has 1 unspecified atom stereocenters. The molecule has 3 rings (SSSR count). The van der Waals surface area contributed by atoms with Gasteiger partial charge in [0.05, 0.1) is 17.3 Å². The molecule has 0 aliphatic carbocycles. The average Bonchev–Trinajstić information content (AvgIpc) is 2.72. The lowest BCUT2D eigenvalue weighted by Crippen LogP contribution is -2.31. The van der Waals surface area contributed by atoms with Gasteiger partial charge >= 0.3 is 0 Å². The Morgan fingerprint density at radius 1 is 1.10 bits per heavy atom. The maximum absolute atomic E-state index is 12.9. The normalized spacial score (nSPS) is 11.5. The predicted octanol–water partition coefficient (Wildman–Crippen LogP) is 2.51. The van der Waals surface area contributed by atoms with Crippen molar-refractivity contribution >= 4 is 17.5 Å². The highest BCUT2D eigenvalue weighted by atomic mass is 19.1. The molecule has 0 fully saturated rings. The molecule has 0 bridgehead atoms. The number of aromatic nitrogens is 2. The zero-order valence-corrected chi connectivity index (χ0v) is 15.6. The minimum absolute atomic E-state index is 0.238. The first-order valence-electron chi connectivity index (χ1n) is 8.90. The van der Waals surface area contributed by atoms with Crippen LogP contribution in [0.5, 0.6) is 0 Å². The van der Waals surface area contributed by atoms with Crippen molar-refractivity contribution in [1.82, 2.24) is 14.9 Å². The van der Waals surface area contributed by atoms with Crippen molar-refractivity contribution in [2.45, 2.75) is 19.5 Å². The van der Waals surface area contributed by atoms with E-state index >= 15 is 0 Å². The second kappa shape index (κ2) is 8.92. The first-order valence-corrected chi connectivity index (χ1v) is 8.90. The Morgan fingerprint density at radius 3 is 2.55 bits per heavy atom. The lowest BCUT2D eigenvalue weighted by atomic mass is 10.2. The molecule has 7 nitrogen and oxygen atoms in total. The molecule has 0 radical (unpaired) electrons. The monoisotopic (exact) mass is 394 g/mol. The fourth-order valence-corrected chi connectivity index (χ4v) is 2.66. The smallest absolute Gasteiger partial charge is 0.253 e. The molecule has 29 heavy (non-hydrogen) atoms. The van der Waals surface area contributed by atoms with Crippen LogP contribution in [0.15, 0.2) is 71.8 Å². The molecule has 0 aliphatic heterocycles. The number of anilines is 1. The van der Waals surface area contributed by atoms with E-state index in [0.29, 0.717) is 11.4 Å². The van der Waals surface area contributed by atoms with Gasteiger partial charge in [-0.15, -0.1) is 0 Å². The highest BCUT2D eigenvalue weighted by molar-refractivity contribution is 5.94. The molecule has 148 valence electrons. The number of hydrogen-bond acceptors (Lipinski definition) is 4. The Labute approximate surface area is 166 Å². The fraction of sp³-hybridized carbons (Fsp3) is 0.143. The molecule has 2 heterocycles. The Balaban J connectivity index is 1.68. The van der Waals surface area contributed by atoms with Gasteiger partial charge in [0, 0.05) is 24.1 Å². The molecule has 1 atom stereocenters. The topological polar surface area (TPSA) is 93.1 Å². The lowest BCUT2D eigenvalue weighted by molar-refractivity contribution is -0.116. The van der Waals surface area contributed by atoms with E-state index in [9.17, 15) is 18.8 Å². The molecule has 2 aromatic heterocycles. The van der Waals surface area contributed by atoms with Crippen LogP contribution in [-0.2, 0) is 11.3 Å². The largest absolute Gasteiger partial charge is 0.344 e. The second-order valence-electron chi connectivity index (χ2n) is 6.39. The zero-order chi connectivity index (χ0) is 20.8. The van der Waals surface area contributed by atoms with Gasteiger partial charge < -0.3 is 15.2 Å². The third-order valence-electron chi connectivity index (χ3n) is 4.17. The molecule has 1 aromatic carbocycles. The number of rotatable bonds is 6. The van der Waals surface area contributed by atoms with Crippen LogP contribution in [0, 0.1) is 5.82 Å². The molecular formula is C21H19FN4O3. The minimum Gasteiger partial charge on any atom is -0.344 e. The molecule has 2 amide bonds. The van der Waals surface area contributed by atoms with Gasteiger partial charge in [0.2, 0.25) is 5.91 Å². The number of carbonyl (C=O) groups excluding carboxylic acids is 2. The number of nitrogens with zero attached hydrogens (tertiary/aromatic N) is 2. The van der Waals surface area contributed by atoms with E-state index < -0.39 is 23.2 Å². The zero-order valence-electron chi connectivity index (χ0n) is 15.6. The Morgan fingerprint density at radius 2 is 1.86 bits per heavy atom. The van der Waals surface area contributed by atoms with Gasteiger partial charge in [0.25, 0.3) is 11.5 Å². The third-order valence-corrected chi connectivity index (χ3v) is 4.17. The Bertz CT molecular complexity index is 1070. The van der Waals surface area contributed by atoms with E-state index in [1.807, 2.05) is 6.07 Å². The number of pyridine rings is 2. The summed E-state index contributed by atoms with van der Waals surface area (Å²) in [6.45, 7) is 1.51. The van der Waals surface area contributed by atoms with Crippen molar-refractivity contribution < 1.29 is 14.0 Å². The lowest BCUT2D eigenvalue weighted by Gasteiger charge is -2.14. The van der Waals surface area contributed by atoms with Crippen molar-refractivity contribution in [2.75, 3.05) is 5.32 Å². The van der Waals surface area contributed by atoms with E-state index in [4.69, 9.17) is 0 Å². The van der Waals surface area contributed by atoms with Crippen LogP contribution in [0.25, 0.3) is 0 Å². The van der Waals surface area contributed by atoms with Gasteiger partial charge in [-0.3, -0.25) is 19.4 Å². The van der Waals surface area contributed by atoms with E-state index in [1.165, 1.54) is 42.6 Å². The summed E-state index contributed by atoms with van der Waals surface area (Å²) in [6, 6.07) is 13.0. The number of benzene rings is 1. The SMILES string of the molecule is CC(NC(=O)c1ccc(=O)n(CC(=O)Nc2ccc(F)cc2)c1)c1ccccn1. The van der Waals surface area contributed by atoms with Crippen LogP contribution >= 0.6 is 0 Å². The van der Waals surface area contributed by atoms with Gasteiger partial charge in [0.1, 0.15) is 12.4 Å². The molecular weight excluding hydrogens is 375 g/mol. The summed E-state index contributed by atoms with van der Waals surface area (Å²) in [4.78, 5) is 41.0. The van der Waals surface area contributed by atoms with Crippen molar-refractivity contribution in [2.24, 2.45) is 0 Å². The number of nitrogens with one attached hydrogen (secondary N) is 2. The van der Waals surface area contributed by atoms with Crippen molar-refractivity contribution in [3.8, 4) is 0 Å². The van der Waals surface area contributed by atoms with Gasteiger partial charge in [0.15, 0.2) is 0 Å². The molecule has 2 N–H and O–H groups in total. The minimum atomic E-state index is -0.474. The third kappa shape index (κ3) is 5.35. The Kier molecular flexibility index (Phi) is 6.13. The number of halogens is 1. The van der Waals surface area contributed by atoms with Crippen molar-refractivity contribution in [3.63, 3.8) is 0 Å². The summed E-state index contributed by atoms with van der Waals surface area (Å²) in [7, 11) is 0. The first kappa shape index (κ1) is 19.9. The summed E-state index contributed by atoms with van der Waals surface area (Å²) in [6.07, 6.45) is 2.96. The summed E-state index contributed by atoms with van der Waals surface area (Å²) in [5, 5.41) is 5.38.